The van der Waals surface area contributed by atoms with Gasteiger partial charge in [0.1, 0.15) is 0 Å². The predicted octanol–water partition coefficient (Wildman–Crippen LogP) is 1.15. The van der Waals surface area contributed by atoms with Crippen molar-refractivity contribution < 1.29 is 4.39 Å². The third-order valence-corrected chi connectivity index (χ3v) is 2.50. The van der Waals surface area contributed by atoms with Crippen LogP contribution in [-0.4, -0.2) is 24.1 Å². The normalized spacial score (nSPS) is 22.4. The fraction of sp³-hybridized carbons (Fsp3) is 0.500. The maximum absolute atomic E-state index is 13.4. The van der Waals surface area contributed by atoms with E-state index in [1.807, 2.05) is 4.90 Å². The molecule has 4 heteroatoms. The van der Waals surface area contributed by atoms with Gasteiger partial charge in [-0.25, -0.2) is 9.37 Å². The molecule has 76 valence electrons. The molecule has 0 spiro atoms. The van der Waals surface area contributed by atoms with E-state index < -0.39 is 0 Å². The number of nitrogens with two attached hydrogens (primary N) is 1. The van der Waals surface area contributed by atoms with Crippen LogP contribution in [0.5, 0.6) is 0 Å². The zero-order chi connectivity index (χ0) is 9.97. The molecule has 1 unspecified atom stereocenters. The number of piperidine rings is 1. The molecule has 3 nitrogen and oxygen atoms in total. The highest BCUT2D eigenvalue weighted by atomic mass is 19.1. The first-order valence-corrected chi connectivity index (χ1v) is 4.88. The Bertz CT molecular complexity index is 316. The average molecular weight is 195 g/mol. The number of hydrogen-bond donors (Lipinski definition) is 1. The van der Waals surface area contributed by atoms with Gasteiger partial charge in [0, 0.05) is 25.3 Å². The predicted molar refractivity (Wildman–Crippen MR) is 53.6 cm³/mol. The van der Waals surface area contributed by atoms with Crippen LogP contribution in [-0.2, 0) is 0 Å². The summed E-state index contributed by atoms with van der Waals surface area (Å²) in [6.07, 6.45) is 3.64. The molecule has 1 atom stereocenters. The van der Waals surface area contributed by atoms with Crippen LogP contribution in [0.1, 0.15) is 12.8 Å². The second kappa shape index (κ2) is 3.92. The second-order valence-electron chi connectivity index (χ2n) is 3.66. The van der Waals surface area contributed by atoms with E-state index in [0.29, 0.717) is 12.4 Å². The molecular formula is C10H14FN3. The summed E-state index contributed by atoms with van der Waals surface area (Å²) < 4.78 is 13.4. The Kier molecular flexibility index (Phi) is 2.63. The van der Waals surface area contributed by atoms with Crippen molar-refractivity contribution in [2.24, 2.45) is 5.73 Å². The van der Waals surface area contributed by atoms with Gasteiger partial charge in [0.05, 0.1) is 0 Å². The van der Waals surface area contributed by atoms with Gasteiger partial charge in [0.2, 0.25) is 0 Å². The third kappa shape index (κ3) is 1.85. The summed E-state index contributed by atoms with van der Waals surface area (Å²) in [6.45, 7) is 1.55. The lowest BCUT2D eigenvalue weighted by atomic mass is 10.1. The van der Waals surface area contributed by atoms with Crippen LogP contribution in [0.4, 0.5) is 10.2 Å². The van der Waals surface area contributed by atoms with Crippen LogP contribution in [0.25, 0.3) is 0 Å². The lowest BCUT2D eigenvalue weighted by Crippen LogP contribution is -2.43. The maximum atomic E-state index is 13.4. The molecule has 0 aliphatic carbocycles. The zero-order valence-corrected chi connectivity index (χ0v) is 7.99. The Morgan fingerprint density at radius 2 is 2.43 bits per heavy atom. The quantitative estimate of drug-likeness (QED) is 0.731. The molecule has 0 aromatic carbocycles. The zero-order valence-electron chi connectivity index (χ0n) is 7.99. The molecule has 0 radical (unpaired) electrons. The highest BCUT2D eigenvalue weighted by molar-refractivity contribution is 5.40. The molecule has 1 aliphatic heterocycles. The van der Waals surface area contributed by atoms with E-state index >= 15 is 0 Å². The summed E-state index contributed by atoms with van der Waals surface area (Å²) in [7, 11) is 0. The van der Waals surface area contributed by atoms with Gasteiger partial charge < -0.3 is 10.6 Å². The molecule has 1 aliphatic rings. The van der Waals surface area contributed by atoms with Gasteiger partial charge in [-0.15, -0.1) is 0 Å². The number of nitrogens with zero attached hydrogens (tertiary/aromatic N) is 2. The van der Waals surface area contributed by atoms with Gasteiger partial charge in [-0.2, -0.15) is 0 Å². The van der Waals surface area contributed by atoms with Crippen molar-refractivity contribution in [1.82, 2.24) is 4.98 Å². The number of hydrogen-bond acceptors (Lipinski definition) is 3. The van der Waals surface area contributed by atoms with E-state index in [0.717, 1.165) is 19.4 Å². The smallest absolute Gasteiger partial charge is 0.165 e. The lowest BCUT2D eigenvalue weighted by molar-refractivity contribution is 0.493. The molecule has 1 saturated heterocycles. The molecule has 0 saturated carbocycles. The molecule has 0 amide bonds. The molecule has 1 aromatic heterocycles. The summed E-state index contributed by atoms with van der Waals surface area (Å²) in [4.78, 5) is 5.95. The maximum Gasteiger partial charge on any atom is 0.165 e. The van der Waals surface area contributed by atoms with E-state index in [1.54, 1.807) is 12.3 Å². The minimum absolute atomic E-state index is 0.144. The first kappa shape index (κ1) is 9.40. The summed E-state index contributed by atoms with van der Waals surface area (Å²) in [6, 6.07) is 3.18. The number of anilines is 1. The van der Waals surface area contributed by atoms with E-state index in [4.69, 9.17) is 5.73 Å². The van der Waals surface area contributed by atoms with Crippen LogP contribution < -0.4 is 10.6 Å². The van der Waals surface area contributed by atoms with Gasteiger partial charge >= 0.3 is 0 Å². The molecule has 2 N–H and O–H groups in total. The van der Waals surface area contributed by atoms with Gasteiger partial charge in [-0.3, -0.25) is 0 Å². The molecule has 2 heterocycles. The van der Waals surface area contributed by atoms with Gasteiger partial charge in [-0.05, 0) is 25.0 Å². The first-order valence-electron chi connectivity index (χ1n) is 4.88. The fourth-order valence-electron chi connectivity index (χ4n) is 1.81. The minimum atomic E-state index is -0.262. The molecule has 2 rings (SSSR count). The van der Waals surface area contributed by atoms with Crippen LogP contribution >= 0.6 is 0 Å². The fourth-order valence-corrected chi connectivity index (χ4v) is 1.81. The van der Waals surface area contributed by atoms with E-state index in [2.05, 4.69) is 4.98 Å². The number of rotatable bonds is 1. The van der Waals surface area contributed by atoms with Gasteiger partial charge in [0.25, 0.3) is 0 Å². The topological polar surface area (TPSA) is 42.1 Å². The molecular weight excluding hydrogens is 181 g/mol. The van der Waals surface area contributed by atoms with Gasteiger partial charge in [0.15, 0.2) is 11.6 Å². The Balaban J connectivity index is 2.18. The van der Waals surface area contributed by atoms with Gasteiger partial charge in [-0.1, -0.05) is 0 Å². The van der Waals surface area contributed by atoms with Crippen LogP contribution in [0.15, 0.2) is 18.3 Å². The van der Waals surface area contributed by atoms with Crippen molar-refractivity contribution in [3.8, 4) is 0 Å². The molecule has 14 heavy (non-hydrogen) atoms. The van der Waals surface area contributed by atoms with E-state index in [9.17, 15) is 4.39 Å². The first-order chi connectivity index (χ1) is 6.77. The highest BCUT2D eigenvalue weighted by Crippen LogP contribution is 2.19. The summed E-state index contributed by atoms with van der Waals surface area (Å²) in [5.74, 6) is 0.171. The number of halogens is 1. The standard InChI is InChI=1S/C10H14FN3/c11-9-4-1-5-13-10(9)14-6-2-3-8(12)7-14/h1,4-5,8H,2-3,6-7,12H2. The van der Waals surface area contributed by atoms with E-state index in [1.165, 1.54) is 6.07 Å². The van der Waals surface area contributed by atoms with Crippen molar-refractivity contribution in [2.75, 3.05) is 18.0 Å². The lowest BCUT2D eigenvalue weighted by Gasteiger charge is -2.31. The van der Waals surface area contributed by atoms with Crippen LogP contribution in [0, 0.1) is 5.82 Å². The summed E-state index contributed by atoms with van der Waals surface area (Å²) in [5.41, 5.74) is 5.82. The SMILES string of the molecule is NC1CCCN(c2ncccc2F)C1. The Morgan fingerprint density at radius 1 is 1.57 bits per heavy atom. The number of aromatic nitrogens is 1. The largest absolute Gasteiger partial charge is 0.353 e. The Labute approximate surface area is 82.7 Å². The highest BCUT2D eigenvalue weighted by Gasteiger charge is 2.19. The Hall–Kier alpha value is -1.16. The third-order valence-electron chi connectivity index (χ3n) is 2.50. The summed E-state index contributed by atoms with van der Waals surface area (Å²) >= 11 is 0. The second-order valence-corrected chi connectivity index (χ2v) is 3.66. The van der Waals surface area contributed by atoms with Crippen molar-refractivity contribution in [1.29, 1.82) is 0 Å². The average Bonchev–Trinajstić information content (AvgIpc) is 2.18. The summed E-state index contributed by atoms with van der Waals surface area (Å²) in [5, 5.41) is 0. The van der Waals surface area contributed by atoms with Crippen molar-refractivity contribution >= 4 is 5.82 Å². The molecule has 0 bridgehead atoms. The Morgan fingerprint density at radius 3 is 3.14 bits per heavy atom. The van der Waals surface area contributed by atoms with E-state index in [-0.39, 0.29) is 11.9 Å². The van der Waals surface area contributed by atoms with Crippen LogP contribution in [0.3, 0.4) is 0 Å². The van der Waals surface area contributed by atoms with Crippen molar-refractivity contribution in [2.45, 2.75) is 18.9 Å². The van der Waals surface area contributed by atoms with Crippen LogP contribution in [0.2, 0.25) is 0 Å². The molecule has 1 aromatic rings. The van der Waals surface area contributed by atoms with Crippen molar-refractivity contribution in [3.63, 3.8) is 0 Å². The minimum Gasteiger partial charge on any atom is -0.353 e. The monoisotopic (exact) mass is 195 g/mol. The van der Waals surface area contributed by atoms with Crippen molar-refractivity contribution in [3.05, 3.63) is 24.1 Å². The number of pyridine rings is 1. The molecule has 1 fully saturated rings.